The first kappa shape index (κ1) is 25.5. The quantitative estimate of drug-likeness (QED) is 0.464. The zero-order valence-electron chi connectivity index (χ0n) is 21.2. The number of aryl methyl sites for hydroxylation is 2. The minimum Gasteiger partial charge on any atom is -0.466 e. The number of carbonyl (C=O) groups excluding carboxylic acids is 4. The molecule has 0 spiro atoms. The van der Waals surface area contributed by atoms with Crippen molar-refractivity contribution in [1.82, 2.24) is 20.0 Å². The van der Waals surface area contributed by atoms with Gasteiger partial charge in [0.05, 0.1) is 36.4 Å². The number of nitrogens with one attached hydrogen (secondary N) is 1. The fourth-order valence-corrected chi connectivity index (χ4v) is 5.27. The van der Waals surface area contributed by atoms with Crippen LogP contribution in [0.3, 0.4) is 0 Å². The summed E-state index contributed by atoms with van der Waals surface area (Å²) >= 11 is 0. The molecule has 1 fully saturated rings. The number of benzene rings is 1. The Kier molecular flexibility index (Phi) is 7.47. The molecule has 36 heavy (non-hydrogen) atoms. The Bertz CT molecular complexity index is 1120. The molecule has 1 N–H and O–H groups in total. The molecule has 1 saturated heterocycles. The van der Waals surface area contributed by atoms with Crippen molar-refractivity contribution in [2.24, 2.45) is 5.92 Å². The number of hydrogen-bond acceptors (Lipinski definition) is 5. The summed E-state index contributed by atoms with van der Waals surface area (Å²) in [5, 5.41) is 2.99. The molecule has 4 amide bonds. The molecular formula is C27H34N4O5. The van der Waals surface area contributed by atoms with Gasteiger partial charge in [-0.3, -0.25) is 19.3 Å². The maximum Gasteiger partial charge on any atom is 0.322 e. The van der Waals surface area contributed by atoms with Gasteiger partial charge in [-0.2, -0.15) is 0 Å². The van der Waals surface area contributed by atoms with Crippen LogP contribution in [0, 0.1) is 19.8 Å². The number of nitrogens with zero attached hydrogens (tertiary/aromatic N) is 3. The van der Waals surface area contributed by atoms with Gasteiger partial charge in [0.2, 0.25) is 5.91 Å². The van der Waals surface area contributed by atoms with Gasteiger partial charge in [0, 0.05) is 19.6 Å². The highest BCUT2D eigenvalue weighted by Gasteiger charge is 2.45. The van der Waals surface area contributed by atoms with Gasteiger partial charge in [0.1, 0.15) is 6.54 Å². The van der Waals surface area contributed by atoms with Crippen LogP contribution in [0.15, 0.2) is 42.1 Å². The number of rotatable bonds is 7. The Morgan fingerprint density at radius 3 is 2.56 bits per heavy atom. The first-order valence-electron chi connectivity index (χ1n) is 12.5. The Balaban J connectivity index is 1.51. The molecule has 0 bridgehead atoms. The molecule has 1 aromatic carbocycles. The maximum absolute atomic E-state index is 13.6. The van der Waals surface area contributed by atoms with Crippen LogP contribution in [0.5, 0.6) is 0 Å². The molecule has 0 saturated carbocycles. The highest BCUT2D eigenvalue weighted by atomic mass is 16.5. The average molecular weight is 495 g/mol. The lowest BCUT2D eigenvalue weighted by atomic mass is 9.91. The van der Waals surface area contributed by atoms with E-state index in [1.807, 2.05) is 32.0 Å². The molecule has 1 atom stereocenters. The standard InChI is InChI=1S/C27H34N4O5/c1-5-11-31-21-15-30(16-22(32)29-12-9-19(10-13-29)26(34)36-6-2)25(33)23(21)24(28-27(31)35)20-8-7-17(3)14-18(20)4/h5,7-8,14,19,24H,1,6,9-13,15-16H2,2-4H3,(H,28,35)/t24-/m1/s1. The molecule has 9 nitrogen and oxygen atoms in total. The number of hydrogen-bond donors (Lipinski definition) is 1. The molecule has 4 rings (SSSR count). The predicted molar refractivity (Wildman–Crippen MR) is 134 cm³/mol. The topological polar surface area (TPSA) is 99.3 Å². The van der Waals surface area contributed by atoms with Crippen molar-refractivity contribution < 1.29 is 23.9 Å². The van der Waals surface area contributed by atoms with E-state index in [-0.39, 0.29) is 49.4 Å². The molecule has 0 unspecified atom stereocenters. The van der Waals surface area contributed by atoms with E-state index >= 15 is 0 Å². The number of ether oxygens (including phenoxy) is 1. The lowest BCUT2D eigenvalue weighted by molar-refractivity contribution is -0.151. The van der Waals surface area contributed by atoms with Crippen LogP contribution in [0.2, 0.25) is 0 Å². The molecule has 9 heteroatoms. The highest BCUT2D eigenvalue weighted by molar-refractivity contribution is 6.03. The number of amides is 4. The van der Waals surface area contributed by atoms with E-state index in [0.29, 0.717) is 43.8 Å². The Labute approximate surface area is 211 Å². The lowest BCUT2D eigenvalue weighted by Gasteiger charge is -2.33. The molecule has 0 aliphatic carbocycles. The third kappa shape index (κ3) is 4.87. The van der Waals surface area contributed by atoms with Gasteiger partial charge in [0.25, 0.3) is 5.91 Å². The highest BCUT2D eigenvalue weighted by Crippen LogP contribution is 2.37. The Morgan fingerprint density at radius 2 is 1.92 bits per heavy atom. The first-order valence-corrected chi connectivity index (χ1v) is 12.5. The number of piperidine rings is 1. The summed E-state index contributed by atoms with van der Waals surface area (Å²) in [4.78, 5) is 56.5. The summed E-state index contributed by atoms with van der Waals surface area (Å²) in [5.74, 6) is -0.825. The summed E-state index contributed by atoms with van der Waals surface area (Å²) in [7, 11) is 0. The fourth-order valence-electron chi connectivity index (χ4n) is 5.27. The van der Waals surface area contributed by atoms with Crippen LogP contribution in [-0.2, 0) is 19.1 Å². The SMILES string of the molecule is C=CCN1C(=O)N[C@H](c2ccc(C)cc2C)C2=C1CN(CC(=O)N1CCC(C(=O)OCC)CC1)C2=O. The second-order valence-corrected chi connectivity index (χ2v) is 9.57. The monoisotopic (exact) mass is 494 g/mol. The zero-order valence-corrected chi connectivity index (χ0v) is 21.2. The minimum atomic E-state index is -0.581. The summed E-state index contributed by atoms with van der Waals surface area (Å²) in [5.41, 5.74) is 4.05. The molecule has 0 radical (unpaired) electrons. The van der Waals surface area contributed by atoms with Crippen LogP contribution >= 0.6 is 0 Å². The van der Waals surface area contributed by atoms with Crippen LogP contribution < -0.4 is 5.32 Å². The predicted octanol–water partition coefficient (Wildman–Crippen LogP) is 2.45. The summed E-state index contributed by atoms with van der Waals surface area (Å²) in [6, 6.07) is 5.06. The second kappa shape index (κ2) is 10.6. The molecular weight excluding hydrogens is 460 g/mol. The Hall–Kier alpha value is -3.62. The normalized spacial score (nSPS) is 20.4. The van der Waals surface area contributed by atoms with E-state index in [1.54, 1.807) is 17.9 Å². The summed E-state index contributed by atoms with van der Waals surface area (Å²) in [6.45, 7) is 11.1. The van der Waals surface area contributed by atoms with Crippen LogP contribution in [0.1, 0.15) is 42.5 Å². The van der Waals surface area contributed by atoms with E-state index in [0.717, 1.165) is 16.7 Å². The summed E-state index contributed by atoms with van der Waals surface area (Å²) < 4.78 is 5.11. The van der Waals surface area contributed by atoms with E-state index in [2.05, 4.69) is 11.9 Å². The second-order valence-electron chi connectivity index (χ2n) is 9.57. The Morgan fingerprint density at radius 1 is 1.19 bits per heavy atom. The third-order valence-electron chi connectivity index (χ3n) is 7.14. The summed E-state index contributed by atoms with van der Waals surface area (Å²) in [6.07, 6.45) is 2.72. The number of likely N-dealkylation sites (tertiary alicyclic amines) is 1. The third-order valence-corrected chi connectivity index (χ3v) is 7.14. The van der Waals surface area contributed by atoms with Crippen molar-refractivity contribution >= 4 is 23.8 Å². The van der Waals surface area contributed by atoms with Gasteiger partial charge < -0.3 is 19.9 Å². The largest absolute Gasteiger partial charge is 0.466 e. The molecule has 192 valence electrons. The number of carbonyl (C=O) groups is 4. The molecule has 3 heterocycles. The van der Waals surface area contributed by atoms with Gasteiger partial charge in [-0.05, 0) is 44.7 Å². The van der Waals surface area contributed by atoms with E-state index in [9.17, 15) is 19.2 Å². The van der Waals surface area contributed by atoms with E-state index in [1.165, 1.54) is 9.80 Å². The zero-order chi connectivity index (χ0) is 26.0. The van der Waals surface area contributed by atoms with Crippen LogP contribution in [0.25, 0.3) is 0 Å². The molecule has 3 aliphatic rings. The fraction of sp³-hybridized carbons (Fsp3) is 0.481. The van der Waals surface area contributed by atoms with Gasteiger partial charge in [-0.1, -0.05) is 29.8 Å². The van der Waals surface area contributed by atoms with Crippen molar-refractivity contribution in [3.8, 4) is 0 Å². The van der Waals surface area contributed by atoms with Crippen molar-refractivity contribution in [1.29, 1.82) is 0 Å². The molecule has 3 aliphatic heterocycles. The van der Waals surface area contributed by atoms with Gasteiger partial charge in [-0.15, -0.1) is 6.58 Å². The van der Waals surface area contributed by atoms with Gasteiger partial charge in [-0.25, -0.2) is 4.79 Å². The van der Waals surface area contributed by atoms with Crippen molar-refractivity contribution in [3.63, 3.8) is 0 Å². The average Bonchev–Trinajstić information content (AvgIpc) is 3.17. The van der Waals surface area contributed by atoms with Crippen LogP contribution in [-0.4, -0.2) is 77.8 Å². The van der Waals surface area contributed by atoms with E-state index in [4.69, 9.17) is 4.74 Å². The van der Waals surface area contributed by atoms with Crippen LogP contribution in [0.4, 0.5) is 4.79 Å². The van der Waals surface area contributed by atoms with Gasteiger partial charge >= 0.3 is 12.0 Å². The molecule has 1 aromatic rings. The van der Waals surface area contributed by atoms with Gasteiger partial charge in [0.15, 0.2) is 0 Å². The smallest absolute Gasteiger partial charge is 0.322 e. The lowest BCUT2D eigenvalue weighted by Crippen LogP contribution is -2.47. The first-order chi connectivity index (χ1) is 17.2. The van der Waals surface area contributed by atoms with E-state index < -0.39 is 6.04 Å². The minimum absolute atomic E-state index is 0.0778. The molecule has 0 aromatic heterocycles. The van der Waals surface area contributed by atoms with Crippen molar-refractivity contribution in [3.05, 3.63) is 58.8 Å². The number of urea groups is 1. The van der Waals surface area contributed by atoms with Crippen molar-refractivity contribution in [2.45, 2.75) is 39.7 Å². The van der Waals surface area contributed by atoms with Crippen molar-refractivity contribution in [2.75, 3.05) is 39.3 Å². The maximum atomic E-state index is 13.6. The number of esters is 1.